The molecule has 0 saturated carbocycles. The Balaban J connectivity index is 2.11. The molecule has 2 rings (SSSR count). The van der Waals surface area contributed by atoms with Gasteiger partial charge in [0.1, 0.15) is 5.75 Å². The van der Waals surface area contributed by atoms with Gasteiger partial charge in [-0.3, -0.25) is 0 Å². The summed E-state index contributed by atoms with van der Waals surface area (Å²) in [4.78, 5) is 2.17. The average Bonchev–Trinajstić information content (AvgIpc) is 2.54. The molecule has 0 aromatic heterocycles. The Bertz CT molecular complexity index is 566. The van der Waals surface area contributed by atoms with Gasteiger partial charge in [-0.05, 0) is 30.2 Å². The van der Waals surface area contributed by atoms with Crippen LogP contribution in [0.1, 0.15) is 30.6 Å². The Morgan fingerprint density at radius 3 is 2.38 bits per heavy atom. The van der Waals surface area contributed by atoms with Crippen LogP contribution in [0.25, 0.3) is 0 Å². The Labute approximate surface area is 126 Å². The average molecular weight is 285 g/mol. The summed E-state index contributed by atoms with van der Waals surface area (Å²) in [6, 6.07) is 16.1. The summed E-state index contributed by atoms with van der Waals surface area (Å²) in [5.41, 5.74) is 3.24. The first-order valence-corrected chi connectivity index (χ1v) is 7.26. The van der Waals surface area contributed by atoms with Gasteiger partial charge in [0.05, 0.1) is 13.2 Å². The molecular weight excluding hydrogens is 262 g/mol. The summed E-state index contributed by atoms with van der Waals surface area (Å²) >= 11 is 0. The highest BCUT2D eigenvalue weighted by Crippen LogP contribution is 2.24. The number of hydrogen-bond acceptors (Lipinski definition) is 3. The first-order chi connectivity index (χ1) is 10.2. The number of hydrogen-bond donors (Lipinski definition) is 1. The monoisotopic (exact) mass is 285 g/mol. The van der Waals surface area contributed by atoms with Crippen molar-refractivity contribution in [3.8, 4) is 5.75 Å². The molecule has 0 bridgehead atoms. The van der Waals surface area contributed by atoms with Crippen LogP contribution in [-0.4, -0.2) is 19.3 Å². The molecule has 0 aliphatic carbocycles. The Morgan fingerprint density at radius 2 is 1.76 bits per heavy atom. The molecule has 0 heterocycles. The van der Waals surface area contributed by atoms with E-state index in [2.05, 4.69) is 18.0 Å². The van der Waals surface area contributed by atoms with Gasteiger partial charge in [-0.15, -0.1) is 0 Å². The molecule has 3 heteroatoms. The van der Waals surface area contributed by atoms with E-state index in [-0.39, 0.29) is 6.10 Å². The van der Waals surface area contributed by atoms with Gasteiger partial charge in [-0.25, -0.2) is 0 Å². The normalized spacial score (nSPS) is 12.0. The maximum atomic E-state index is 9.83. The van der Waals surface area contributed by atoms with Crippen molar-refractivity contribution in [1.29, 1.82) is 0 Å². The number of aliphatic hydroxyl groups is 1. The highest BCUT2D eigenvalue weighted by molar-refractivity contribution is 5.49. The van der Waals surface area contributed by atoms with Gasteiger partial charge in [0.2, 0.25) is 0 Å². The van der Waals surface area contributed by atoms with E-state index in [0.29, 0.717) is 0 Å². The van der Waals surface area contributed by atoms with E-state index in [4.69, 9.17) is 4.74 Å². The molecule has 0 aliphatic heterocycles. The third-order valence-corrected chi connectivity index (χ3v) is 3.71. The standard InChI is InChI=1S/C18H23NO2/c1-4-17(20)14-9-11-16(12-10-14)19(2)13-15-7-5-6-8-18(15)21-3/h5-12,17,20H,4,13H2,1-3H3. The third-order valence-electron chi connectivity index (χ3n) is 3.71. The number of benzene rings is 2. The van der Waals surface area contributed by atoms with E-state index in [1.165, 1.54) is 0 Å². The van der Waals surface area contributed by atoms with Crippen LogP contribution in [0.15, 0.2) is 48.5 Å². The molecule has 0 radical (unpaired) electrons. The van der Waals surface area contributed by atoms with Crippen LogP contribution in [-0.2, 0) is 6.54 Å². The number of aliphatic hydroxyl groups excluding tert-OH is 1. The second-order valence-corrected chi connectivity index (χ2v) is 5.18. The minimum absolute atomic E-state index is 0.376. The highest BCUT2D eigenvalue weighted by atomic mass is 16.5. The van der Waals surface area contributed by atoms with Crippen LogP contribution < -0.4 is 9.64 Å². The Hall–Kier alpha value is -2.00. The lowest BCUT2D eigenvalue weighted by Gasteiger charge is -2.21. The molecule has 1 N–H and O–H groups in total. The number of methoxy groups -OCH3 is 1. The summed E-state index contributed by atoms with van der Waals surface area (Å²) in [6.45, 7) is 2.76. The third kappa shape index (κ3) is 3.76. The first kappa shape index (κ1) is 15.4. The zero-order valence-corrected chi connectivity index (χ0v) is 12.9. The van der Waals surface area contributed by atoms with E-state index in [0.717, 1.165) is 35.5 Å². The van der Waals surface area contributed by atoms with E-state index >= 15 is 0 Å². The van der Waals surface area contributed by atoms with Crippen LogP contribution in [0.5, 0.6) is 5.75 Å². The quantitative estimate of drug-likeness (QED) is 0.877. The number of rotatable bonds is 6. The molecule has 0 aliphatic rings. The fourth-order valence-electron chi connectivity index (χ4n) is 2.37. The maximum Gasteiger partial charge on any atom is 0.123 e. The van der Waals surface area contributed by atoms with Crippen LogP contribution in [0.3, 0.4) is 0 Å². The molecule has 0 saturated heterocycles. The minimum atomic E-state index is -0.376. The smallest absolute Gasteiger partial charge is 0.123 e. The zero-order valence-electron chi connectivity index (χ0n) is 12.9. The van der Waals surface area contributed by atoms with Crippen molar-refractivity contribution in [1.82, 2.24) is 0 Å². The SMILES string of the molecule is CCC(O)c1ccc(N(C)Cc2ccccc2OC)cc1. The van der Waals surface area contributed by atoms with Gasteiger partial charge < -0.3 is 14.7 Å². The predicted octanol–water partition coefficient (Wildman–Crippen LogP) is 3.78. The minimum Gasteiger partial charge on any atom is -0.496 e. The molecular formula is C18H23NO2. The Kier molecular flexibility index (Phi) is 5.23. The lowest BCUT2D eigenvalue weighted by Crippen LogP contribution is -2.16. The van der Waals surface area contributed by atoms with Crippen molar-refractivity contribution in [2.24, 2.45) is 0 Å². The van der Waals surface area contributed by atoms with Gasteiger partial charge in [0.15, 0.2) is 0 Å². The van der Waals surface area contributed by atoms with Crippen molar-refractivity contribution in [2.75, 3.05) is 19.1 Å². The summed E-state index contributed by atoms with van der Waals surface area (Å²) in [7, 11) is 3.75. The molecule has 21 heavy (non-hydrogen) atoms. The van der Waals surface area contributed by atoms with Crippen LogP contribution in [0, 0.1) is 0 Å². The maximum absolute atomic E-state index is 9.83. The van der Waals surface area contributed by atoms with E-state index in [1.807, 2.05) is 49.4 Å². The van der Waals surface area contributed by atoms with Crippen molar-refractivity contribution < 1.29 is 9.84 Å². The number of nitrogens with zero attached hydrogens (tertiary/aromatic N) is 1. The molecule has 2 aromatic rings. The molecule has 112 valence electrons. The second kappa shape index (κ2) is 7.14. The lowest BCUT2D eigenvalue weighted by molar-refractivity contribution is 0.173. The fourth-order valence-corrected chi connectivity index (χ4v) is 2.37. The molecule has 3 nitrogen and oxygen atoms in total. The van der Waals surface area contributed by atoms with Crippen molar-refractivity contribution in [2.45, 2.75) is 26.0 Å². The van der Waals surface area contributed by atoms with Gasteiger partial charge in [0, 0.05) is 24.8 Å². The molecule has 0 fully saturated rings. The molecule has 1 atom stereocenters. The van der Waals surface area contributed by atoms with E-state index in [1.54, 1.807) is 7.11 Å². The second-order valence-electron chi connectivity index (χ2n) is 5.18. The predicted molar refractivity (Wildman–Crippen MR) is 86.8 cm³/mol. The number of anilines is 1. The number of para-hydroxylation sites is 1. The largest absolute Gasteiger partial charge is 0.496 e. The molecule has 0 amide bonds. The van der Waals surface area contributed by atoms with E-state index in [9.17, 15) is 5.11 Å². The summed E-state index contributed by atoms with van der Waals surface area (Å²) in [5.74, 6) is 0.905. The van der Waals surface area contributed by atoms with Gasteiger partial charge in [0.25, 0.3) is 0 Å². The van der Waals surface area contributed by atoms with Crippen LogP contribution >= 0.6 is 0 Å². The zero-order chi connectivity index (χ0) is 15.2. The molecule has 0 spiro atoms. The van der Waals surface area contributed by atoms with Crippen molar-refractivity contribution >= 4 is 5.69 Å². The van der Waals surface area contributed by atoms with Gasteiger partial charge in [-0.1, -0.05) is 37.3 Å². The highest BCUT2D eigenvalue weighted by Gasteiger charge is 2.08. The fraction of sp³-hybridized carbons (Fsp3) is 0.333. The summed E-state index contributed by atoms with van der Waals surface area (Å²) < 4.78 is 5.39. The lowest BCUT2D eigenvalue weighted by atomic mass is 10.1. The summed E-state index contributed by atoms with van der Waals surface area (Å²) in [6.07, 6.45) is 0.356. The van der Waals surface area contributed by atoms with Crippen molar-refractivity contribution in [3.63, 3.8) is 0 Å². The van der Waals surface area contributed by atoms with Gasteiger partial charge in [-0.2, -0.15) is 0 Å². The summed E-state index contributed by atoms with van der Waals surface area (Å²) in [5, 5.41) is 9.83. The topological polar surface area (TPSA) is 32.7 Å². The Morgan fingerprint density at radius 1 is 1.10 bits per heavy atom. The van der Waals surface area contributed by atoms with Gasteiger partial charge >= 0.3 is 0 Å². The van der Waals surface area contributed by atoms with Crippen LogP contribution in [0.2, 0.25) is 0 Å². The molecule has 2 aromatic carbocycles. The van der Waals surface area contributed by atoms with Crippen LogP contribution in [0.4, 0.5) is 5.69 Å². The molecule has 1 unspecified atom stereocenters. The first-order valence-electron chi connectivity index (χ1n) is 7.26. The van der Waals surface area contributed by atoms with Crippen molar-refractivity contribution in [3.05, 3.63) is 59.7 Å². The van der Waals surface area contributed by atoms with E-state index < -0.39 is 0 Å². The number of ether oxygens (including phenoxy) is 1.